The molecule has 0 aliphatic carbocycles. The molecule has 5 nitrogen and oxygen atoms in total. The number of pyridine rings is 1. The van der Waals surface area contributed by atoms with E-state index in [1.54, 1.807) is 30.5 Å². The molecule has 0 unspecified atom stereocenters. The zero-order valence-corrected chi connectivity index (χ0v) is 7.01. The summed E-state index contributed by atoms with van der Waals surface area (Å²) in [6.07, 6.45) is 1.56. The van der Waals surface area contributed by atoms with Crippen molar-refractivity contribution in [3.63, 3.8) is 0 Å². The minimum Gasteiger partial charge on any atom is -0.476 e. The van der Waals surface area contributed by atoms with Crippen molar-refractivity contribution in [2.24, 2.45) is 0 Å². The van der Waals surface area contributed by atoms with Crippen LogP contribution in [0.25, 0.3) is 5.65 Å². The first-order valence-corrected chi connectivity index (χ1v) is 3.84. The number of hydrogen-bond acceptors (Lipinski definition) is 3. The highest BCUT2D eigenvalue weighted by molar-refractivity contribution is 5.89. The standard InChI is InChI=1S/C9H5N3O2/c10-5-6-8(9(13)14)12-4-2-1-3-7(12)11-6/h1-4H,(H,13,14). The van der Waals surface area contributed by atoms with E-state index in [-0.39, 0.29) is 11.4 Å². The van der Waals surface area contributed by atoms with Crippen molar-refractivity contribution < 1.29 is 9.90 Å². The molecule has 0 aliphatic heterocycles. The number of nitrogens with zero attached hydrogens (tertiary/aromatic N) is 3. The van der Waals surface area contributed by atoms with E-state index < -0.39 is 5.97 Å². The number of aromatic carboxylic acids is 1. The van der Waals surface area contributed by atoms with Crippen molar-refractivity contribution in [2.75, 3.05) is 0 Å². The molecule has 0 aliphatic rings. The summed E-state index contributed by atoms with van der Waals surface area (Å²) >= 11 is 0. The van der Waals surface area contributed by atoms with E-state index in [1.165, 1.54) is 4.40 Å². The first-order valence-electron chi connectivity index (χ1n) is 3.84. The van der Waals surface area contributed by atoms with Gasteiger partial charge in [-0.05, 0) is 12.1 Å². The fraction of sp³-hybridized carbons (Fsp3) is 0. The van der Waals surface area contributed by atoms with Gasteiger partial charge in [0.2, 0.25) is 0 Å². The van der Waals surface area contributed by atoms with Crippen molar-refractivity contribution in [1.29, 1.82) is 5.26 Å². The van der Waals surface area contributed by atoms with Gasteiger partial charge in [0.05, 0.1) is 0 Å². The van der Waals surface area contributed by atoms with E-state index >= 15 is 0 Å². The molecule has 2 aromatic heterocycles. The first kappa shape index (κ1) is 8.26. The molecule has 5 heteroatoms. The Balaban J connectivity index is 2.89. The van der Waals surface area contributed by atoms with E-state index in [4.69, 9.17) is 10.4 Å². The number of carboxylic acid groups (broad SMARTS) is 1. The predicted molar refractivity (Wildman–Crippen MR) is 46.9 cm³/mol. The SMILES string of the molecule is N#Cc1nc2ccccn2c1C(=O)O. The summed E-state index contributed by atoms with van der Waals surface area (Å²) in [5, 5.41) is 17.6. The van der Waals surface area contributed by atoms with E-state index in [2.05, 4.69) is 4.98 Å². The summed E-state index contributed by atoms with van der Waals surface area (Å²) < 4.78 is 1.38. The van der Waals surface area contributed by atoms with Crippen LogP contribution in [0.4, 0.5) is 0 Å². The molecule has 0 spiro atoms. The summed E-state index contributed by atoms with van der Waals surface area (Å²) in [5.41, 5.74) is 0.299. The van der Waals surface area contributed by atoms with Crippen LogP contribution in [0.15, 0.2) is 24.4 Å². The summed E-state index contributed by atoms with van der Waals surface area (Å²) in [5.74, 6) is -1.15. The number of nitriles is 1. The second-order valence-electron chi connectivity index (χ2n) is 2.65. The Morgan fingerprint density at radius 3 is 3.00 bits per heavy atom. The highest BCUT2D eigenvalue weighted by Gasteiger charge is 2.17. The molecule has 0 saturated heterocycles. The fourth-order valence-electron chi connectivity index (χ4n) is 1.28. The lowest BCUT2D eigenvalue weighted by Crippen LogP contribution is -2.03. The quantitative estimate of drug-likeness (QED) is 0.719. The van der Waals surface area contributed by atoms with Gasteiger partial charge in [0, 0.05) is 6.20 Å². The molecule has 2 aromatic rings. The molecule has 0 bridgehead atoms. The van der Waals surface area contributed by atoms with Crippen LogP contribution in [0.1, 0.15) is 16.2 Å². The average Bonchev–Trinajstić information content (AvgIpc) is 2.55. The van der Waals surface area contributed by atoms with Crippen LogP contribution in [0.3, 0.4) is 0 Å². The van der Waals surface area contributed by atoms with E-state index in [0.29, 0.717) is 5.65 Å². The van der Waals surface area contributed by atoms with Crippen LogP contribution < -0.4 is 0 Å². The normalized spacial score (nSPS) is 9.93. The molecule has 0 atom stereocenters. The second kappa shape index (κ2) is 2.85. The number of carbonyl (C=O) groups is 1. The van der Waals surface area contributed by atoms with Gasteiger partial charge in [-0.25, -0.2) is 9.78 Å². The number of carboxylic acids is 1. The number of rotatable bonds is 1. The molecule has 0 radical (unpaired) electrons. The van der Waals surface area contributed by atoms with Crippen LogP contribution in [0, 0.1) is 11.3 Å². The lowest BCUT2D eigenvalue weighted by molar-refractivity contribution is 0.0689. The van der Waals surface area contributed by atoms with Gasteiger partial charge in [-0.15, -0.1) is 0 Å². The van der Waals surface area contributed by atoms with Gasteiger partial charge in [0.15, 0.2) is 11.4 Å². The molecular formula is C9H5N3O2. The topological polar surface area (TPSA) is 78.4 Å². The Bertz CT molecular complexity index is 551. The lowest BCUT2D eigenvalue weighted by Gasteiger charge is -1.94. The largest absolute Gasteiger partial charge is 0.476 e. The number of hydrogen-bond donors (Lipinski definition) is 1. The van der Waals surface area contributed by atoms with E-state index in [1.807, 2.05) is 0 Å². The third kappa shape index (κ3) is 1.02. The average molecular weight is 187 g/mol. The third-order valence-electron chi connectivity index (χ3n) is 1.84. The van der Waals surface area contributed by atoms with E-state index in [9.17, 15) is 4.79 Å². The molecule has 2 heterocycles. The van der Waals surface area contributed by atoms with Gasteiger partial charge in [-0.3, -0.25) is 4.40 Å². The highest BCUT2D eigenvalue weighted by Crippen LogP contribution is 2.11. The molecule has 68 valence electrons. The summed E-state index contributed by atoms with van der Waals surface area (Å²) in [6, 6.07) is 6.81. The molecule has 0 fully saturated rings. The molecule has 0 aromatic carbocycles. The van der Waals surface area contributed by atoms with Gasteiger partial charge in [-0.1, -0.05) is 6.07 Å². The van der Waals surface area contributed by atoms with Crippen molar-refractivity contribution in [2.45, 2.75) is 0 Å². The monoisotopic (exact) mass is 187 g/mol. The van der Waals surface area contributed by atoms with Gasteiger partial charge < -0.3 is 5.11 Å². The Morgan fingerprint density at radius 2 is 2.36 bits per heavy atom. The minimum atomic E-state index is -1.15. The summed E-state index contributed by atoms with van der Waals surface area (Å²) in [7, 11) is 0. The van der Waals surface area contributed by atoms with Crippen molar-refractivity contribution in [3.8, 4) is 6.07 Å². The second-order valence-corrected chi connectivity index (χ2v) is 2.65. The Morgan fingerprint density at radius 1 is 1.57 bits per heavy atom. The maximum absolute atomic E-state index is 10.8. The first-order chi connectivity index (χ1) is 6.74. The van der Waals surface area contributed by atoms with Gasteiger partial charge >= 0.3 is 5.97 Å². The Hall–Kier alpha value is -2.35. The number of fused-ring (bicyclic) bond motifs is 1. The lowest BCUT2D eigenvalue weighted by atomic mass is 10.3. The fourth-order valence-corrected chi connectivity index (χ4v) is 1.28. The minimum absolute atomic E-state index is 0.0660. The van der Waals surface area contributed by atoms with Gasteiger partial charge in [-0.2, -0.15) is 5.26 Å². The van der Waals surface area contributed by atoms with Crippen LogP contribution in [-0.4, -0.2) is 20.5 Å². The molecule has 0 saturated carbocycles. The van der Waals surface area contributed by atoms with Crippen molar-refractivity contribution >= 4 is 11.6 Å². The van der Waals surface area contributed by atoms with E-state index in [0.717, 1.165) is 0 Å². The molecule has 1 N–H and O–H groups in total. The van der Waals surface area contributed by atoms with Crippen molar-refractivity contribution in [3.05, 3.63) is 35.8 Å². The molecule has 14 heavy (non-hydrogen) atoms. The summed E-state index contributed by atoms with van der Waals surface area (Å²) in [4.78, 5) is 14.7. The van der Waals surface area contributed by atoms with Gasteiger partial charge in [0.1, 0.15) is 11.7 Å². The number of imidazole rings is 1. The maximum Gasteiger partial charge on any atom is 0.355 e. The third-order valence-corrected chi connectivity index (χ3v) is 1.84. The van der Waals surface area contributed by atoms with Gasteiger partial charge in [0.25, 0.3) is 0 Å². The van der Waals surface area contributed by atoms with Crippen LogP contribution >= 0.6 is 0 Å². The predicted octanol–water partition coefficient (Wildman–Crippen LogP) is 0.904. The Labute approximate surface area is 78.8 Å². The smallest absolute Gasteiger partial charge is 0.355 e. The molecular weight excluding hydrogens is 182 g/mol. The van der Waals surface area contributed by atoms with Crippen LogP contribution in [0.5, 0.6) is 0 Å². The molecule has 2 rings (SSSR count). The maximum atomic E-state index is 10.8. The Kier molecular flexibility index (Phi) is 1.68. The zero-order chi connectivity index (χ0) is 10.1. The molecule has 0 amide bonds. The zero-order valence-electron chi connectivity index (χ0n) is 7.01. The highest BCUT2D eigenvalue weighted by atomic mass is 16.4. The van der Waals surface area contributed by atoms with Crippen molar-refractivity contribution in [1.82, 2.24) is 9.38 Å². The summed E-state index contributed by atoms with van der Waals surface area (Å²) in [6.45, 7) is 0. The van der Waals surface area contributed by atoms with Crippen LogP contribution in [0.2, 0.25) is 0 Å². The van der Waals surface area contributed by atoms with Crippen LogP contribution in [-0.2, 0) is 0 Å². The number of aromatic nitrogens is 2.